The second-order valence-electron chi connectivity index (χ2n) is 17.6. The first kappa shape index (κ1) is 55.1. The molecule has 0 spiro atoms. The van der Waals surface area contributed by atoms with Gasteiger partial charge in [0.2, 0.25) is 0 Å². The Morgan fingerprint density at radius 3 is 0.582 bits per heavy atom. The zero-order chi connectivity index (χ0) is 39.9. The monoisotopic (exact) mass is 796 g/mol. The average molecular weight is 796 g/mol. The van der Waals surface area contributed by atoms with Crippen LogP contribution in [0.4, 0.5) is 0 Å². The predicted molar refractivity (Wildman–Crippen MR) is 248 cm³/mol. The van der Waals surface area contributed by atoms with E-state index in [0.29, 0.717) is 6.54 Å². The van der Waals surface area contributed by atoms with Gasteiger partial charge >= 0.3 is 8.80 Å². The normalized spacial score (nSPS) is 12.0. The zero-order valence-electron chi connectivity index (χ0n) is 38.5. The molecule has 55 heavy (non-hydrogen) atoms. The minimum atomic E-state index is -2.74. The second-order valence-corrected chi connectivity index (χ2v) is 20.3. The fraction of sp³-hybridized carbons (Fsp3) is 1.00. The SMILES string of the molecule is CCCCCCCCCCCCCCCCO[Si](CCN)(OCCCCCCCCCCCCCCCC)OCCCCCCCCCCCCCCCC. The lowest BCUT2D eigenvalue weighted by Gasteiger charge is -2.29. The predicted octanol–water partition coefficient (Wildman–Crippen LogP) is 17.4. The van der Waals surface area contributed by atoms with E-state index in [4.69, 9.17) is 19.0 Å². The minimum Gasteiger partial charge on any atom is -0.373 e. The number of unbranched alkanes of at least 4 members (excludes halogenated alkanes) is 39. The third-order valence-corrected chi connectivity index (χ3v) is 14.7. The molecule has 0 aliphatic carbocycles. The van der Waals surface area contributed by atoms with Gasteiger partial charge in [0.1, 0.15) is 0 Å². The maximum absolute atomic E-state index is 6.63. The minimum absolute atomic E-state index is 0.586. The van der Waals surface area contributed by atoms with Crippen LogP contribution < -0.4 is 5.73 Å². The molecular weight excluding hydrogens is 691 g/mol. The standard InChI is InChI=1S/C50H105NO3Si/c1-4-7-10-13-16-19-22-25-28-31-34-37-40-43-47-52-55(50-46-51,53-48-44-41-38-35-32-29-26-23-20-17-14-11-8-5-2)54-49-45-42-39-36-33-30-27-24-21-18-15-12-9-6-3/h4-51H2,1-3H3. The van der Waals surface area contributed by atoms with E-state index in [1.165, 1.54) is 250 Å². The van der Waals surface area contributed by atoms with Gasteiger partial charge in [-0.3, -0.25) is 0 Å². The number of hydrogen-bond acceptors (Lipinski definition) is 4. The first-order valence-corrected chi connectivity index (χ1v) is 27.8. The molecule has 0 heterocycles. The van der Waals surface area contributed by atoms with Gasteiger partial charge in [-0.1, -0.05) is 271 Å². The van der Waals surface area contributed by atoms with Crippen molar-refractivity contribution in [2.75, 3.05) is 26.4 Å². The van der Waals surface area contributed by atoms with E-state index in [2.05, 4.69) is 20.8 Å². The lowest BCUT2D eigenvalue weighted by atomic mass is 10.0. The Hall–Kier alpha value is 0.0569. The molecule has 0 fully saturated rings. The average Bonchev–Trinajstić information content (AvgIpc) is 3.19. The van der Waals surface area contributed by atoms with Gasteiger partial charge in [0.25, 0.3) is 0 Å². The fourth-order valence-electron chi connectivity index (χ4n) is 8.09. The van der Waals surface area contributed by atoms with Gasteiger partial charge in [0.15, 0.2) is 0 Å². The van der Waals surface area contributed by atoms with Crippen molar-refractivity contribution in [3.05, 3.63) is 0 Å². The molecule has 0 unspecified atom stereocenters. The highest BCUT2D eigenvalue weighted by atomic mass is 28.4. The molecular formula is C50H105NO3Si. The number of nitrogens with two attached hydrogens (primary N) is 1. The van der Waals surface area contributed by atoms with Crippen LogP contribution in [0, 0.1) is 0 Å². The van der Waals surface area contributed by atoms with Crippen molar-refractivity contribution in [1.82, 2.24) is 0 Å². The highest BCUT2D eigenvalue weighted by Gasteiger charge is 2.40. The Kier molecular flexibility index (Phi) is 48.5. The Morgan fingerprint density at radius 2 is 0.418 bits per heavy atom. The fourth-order valence-corrected chi connectivity index (χ4v) is 10.5. The van der Waals surface area contributed by atoms with E-state index < -0.39 is 8.80 Å². The van der Waals surface area contributed by atoms with Crippen LogP contribution in [0.3, 0.4) is 0 Å². The third-order valence-electron chi connectivity index (χ3n) is 11.9. The van der Waals surface area contributed by atoms with E-state index >= 15 is 0 Å². The summed E-state index contributed by atoms with van der Waals surface area (Å²) in [4.78, 5) is 0. The van der Waals surface area contributed by atoms with E-state index in [1.807, 2.05) is 0 Å². The maximum Gasteiger partial charge on any atom is 0.502 e. The molecule has 2 N–H and O–H groups in total. The summed E-state index contributed by atoms with van der Waals surface area (Å²) in [7, 11) is -2.74. The Labute approximate surface area is 349 Å². The van der Waals surface area contributed by atoms with Gasteiger partial charge in [-0.15, -0.1) is 0 Å². The molecule has 0 aliphatic rings. The van der Waals surface area contributed by atoms with Crippen LogP contribution in [0.2, 0.25) is 6.04 Å². The third kappa shape index (κ3) is 43.5. The lowest BCUT2D eigenvalue weighted by molar-refractivity contribution is 0.0558. The van der Waals surface area contributed by atoms with Crippen LogP contribution >= 0.6 is 0 Å². The first-order chi connectivity index (χ1) is 27.2. The second kappa shape index (κ2) is 48.4. The maximum atomic E-state index is 6.63. The molecule has 0 aromatic rings. The van der Waals surface area contributed by atoms with E-state index in [9.17, 15) is 0 Å². The lowest BCUT2D eigenvalue weighted by Crippen LogP contribution is -2.48. The van der Waals surface area contributed by atoms with Crippen LogP contribution in [0.25, 0.3) is 0 Å². The molecule has 0 aromatic carbocycles. The van der Waals surface area contributed by atoms with Crippen LogP contribution in [-0.2, 0) is 13.3 Å². The summed E-state index contributed by atoms with van der Waals surface area (Å²) < 4.78 is 19.9. The van der Waals surface area contributed by atoms with Crippen LogP contribution in [-0.4, -0.2) is 35.2 Å². The summed E-state index contributed by atoms with van der Waals surface area (Å²) in [6.45, 7) is 9.79. The topological polar surface area (TPSA) is 53.7 Å². The summed E-state index contributed by atoms with van der Waals surface area (Å²) in [5.74, 6) is 0. The molecule has 0 saturated carbocycles. The molecule has 0 bridgehead atoms. The van der Waals surface area contributed by atoms with Gasteiger partial charge in [-0.2, -0.15) is 0 Å². The van der Waals surface area contributed by atoms with Crippen LogP contribution in [0.5, 0.6) is 0 Å². The van der Waals surface area contributed by atoms with Gasteiger partial charge in [-0.25, -0.2) is 0 Å². The van der Waals surface area contributed by atoms with Crippen molar-refractivity contribution in [3.8, 4) is 0 Å². The largest absolute Gasteiger partial charge is 0.502 e. The van der Waals surface area contributed by atoms with Gasteiger partial charge in [0, 0.05) is 25.9 Å². The zero-order valence-corrected chi connectivity index (χ0v) is 39.5. The van der Waals surface area contributed by atoms with Gasteiger partial charge in [-0.05, 0) is 25.8 Å². The summed E-state index contributed by atoms with van der Waals surface area (Å²) in [6, 6.07) is 0.753. The van der Waals surface area contributed by atoms with Gasteiger partial charge in [0.05, 0.1) is 0 Å². The first-order valence-electron chi connectivity index (χ1n) is 25.9. The van der Waals surface area contributed by atoms with Crippen molar-refractivity contribution in [2.45, 2.75) is 296 Å². The summed E-state index contributed by atoms with van der Waals surface area (Å²) >= 11 is 0. The van der Waals surface area contributed by atoms with E-state index in [-0.39, 0.29) is 0 Å². The van der Waals surface area contributed by atoms with Crippen molar-refractivity contribution < 1.29 is 13.3 Å². The highest BCUT2D eigenvalue weighted by Crippen LogP contribution is 2.21. The molecule has 0 saturated heterocycles. The molecule has 0 amide bonds. The van der Waals surface area contributed by atoms with Crippen molar-refractivity contribution in [1.29, 1.82) is 0 Å². The van der Waals surface area contributed by atoms with Gasteiger partial charge < -0.3 is 19.0 Å². The molecule has 5 heteroatoms. The molecule has 0 radical (unpaired) electrons. The Balaban J connectivity index is 4.31. The highest BCUT2D eigenvalue weighted by molar-refractivity contribution is 6.60. The van der Waals surface area contributed by atoms with Crippen molar-refractivity contribution in [3.63, 3.8) is 0 Å². The molecule has 4 nitrogen and oxygen atoms in total. The molecule has 0 aromatic heterocycles. The van der Waals surface area contributed by atoms with E-state index in [1.54, 1.807) is 0 Å². The quantitative estimate of drug-likeness (QED) is 0.0492. The molecule has 0 aliphatic heterocycles. The van der Waals surface area contributed by atoms with E-state index in [0.717, 1.165) is 45.1 Å². The van der Waals surface area contributed by atoms with Crippen molar-refractivity contribution in [2.24, 2.45) is 5.73 Å². The summed E-state index contributed by atoms with van der Waals surface area (Å²) in [5.41, 5.74) is 6.18. The summed E-state index contributed by atoms with van der Waals surface area (Å²) in [5, 5.41) is 0. The Morgan fingerprint density at radius 1 is 0.255 bits per heavy atom. The molecule has 0 rings (SSSR count). The van der Waals surface area contributed by atoms with Crippen LogP contribution in [0.15, 0.2) is 0 Å². The molecule has 332 valence electrons. The van der Waals surface area contributed by atoms with Crippen LogP contribution in [0.1, 0.15) is 290 Å². The number of hydrogen-bond donors (Lipinski definition) is 1. The number of rotatable bonds is 50. The Bertz CT molecular complexity index is 596. The molecule has 0 atom stereocenters. The smallest absolute Gasteiger partial charge is 0.373 e. The van der Waals surface area contributed by atoms with Crippen molar-refractivity contribution >= 4 is 8.80 Å². The summed E-state index contributed by atoms with van der Waals surface area (Å²) in [6.07, 6.45) is 57.8.